The van der Waals surface area contributed by atoms with Crippen LogP contribution in [0.4, 0.5) is 0 Å². The fourth-order valence-corrected chi connectivity index (χ4v) is 11.1. The zero-order valence-electron chi connectivity index (χ0n) is 38.2. The van der Waals surface area contributed by atoms with Crippen LogP contribution < -0.4 is 0 Å². The Bertz CT molecular complexity index is 4640. The average Bonchev–Trinajstić information content (AvgIpc) is 4.09. The highest BCUT2D eigenvalue weighted by atomic mass is 16.3. The van der Waals surface area contributed by atoms with Crippen LogP contribution in [-0.4, -0.2) is 24.1 Å². The lowest BCUT2D eigenvalue weighted by Gasteiger charge is -2.18. The molecule has 0 amide bonds. The molecule has 0 aliphatic rings. The van der Waals surface area contributed by atoms with Crippen molar-refractivity contribution in [1.82, 2.24) is 24.1 Å². The number of hydrogen-bond donors (Lipinski definition) is 0. The van der Waals surface area contributed by atoms with Gasteiger partial charge in [-0.2, -0.15) is 0 Å². The van der Waals surface area contributed by atoms with E-state index in [1.165, 1.54) is 21.5 Å². The Labute approximate surface area is 407 Å². The van der Waals surface area contributed by atoms with Gasteiger partial charge in [0.05, 0.1) is 27.8 Å². The molecule has 0 atom stereocenters. The van der Waals surface area contributed by atoms with Crippen molar-refractivity contribution in [3.05, 3.63) is 237 Å². The minimum atomic E-state index is 0.579. The van der Waals surface area contributed by atoms with Gasteiger partial charge in [0.1, 0.15) is 11.2 Å². The average molecular weight is 906 g/mol. The second-order valence-electron chi connectivity index (χ2n) is 18.3. The first kappa shape index (κ1) is 39.4. The van der Waals surface area contributed by atoms with Crippen LogP contribution in [0, 0.1) is 0 Å². The molecule has 15 aromatic rings. The normalized spacial score (nSPS) is 11.9. The van der Waals surface area contributed by atoms with Gasteiger partial charge in [0.15, 0.2) is 17.5 Å². The van der Waals surface area contributed by atoms with Crippen LogP contribution in [0.15, 0.2) is 241 Å². The van der Waals surface area contributed by atoms with Crippen LogP contribution in [0.3, 0.4) is 0 Å². The summed E-state index contributed by atoms with van der Waals surface area (Å²) in [5.74, 6) is 1.78. The highest BCUT2D eigenvalue weighted by molar-refractivity contribution is 6.22. The van der Waals surface area contributed by atoms with E-state index in [1.807, 2.05) is 24.3 Å². The number of hydrogen-bond acceptors (Lipinski definition) is 4. The molecule has 6 nitrogen and oxygen atoms in total. The molecule has 0 unspecified atom stereocenters. The predicted octanol–water partition coefficient (Wildman–Crippen LogP) is 16.9. The van der Waals surface area contributed by atoms with E-state index in [4.69, 9.17) is 19.4 Å². The van der Waals surface area contributed by atoms with Crippen LogP contribution >= 0.6 is 0 Å². The third-order valence-electron chi connectivity index (χ3n) is 14.3. The Morgan fingerprint density at radius 1 is 0.310 bits per heavy atom. The van der Waals surface area contributed by atoms with Crippen LogP contribution in [0.25, 0.3) is 144 Å². The highest BCUT2D eigenvalue weighted by Crippen LogP contribution is 2.47. The van der Waals surface area contributed by atoms with Gasteiger partial charge in [0.2, 0.25) is 0 Å². The molecule has 4 aromatic heterocycles. The number of aromatic nitrogens is 5. The molecule has 11 aromatic carbocycles. The molecule has 15 rings (SSSR count). The van der Waals surface area contributed by atoms with Crippen molar-refractivity contribution in [2.75, 3.05) is 0 Å². The number of furan rings is 1. The van der Waals surface area contributed by atoms with Gasteiger partial charge >= 0.3 is 0 Å². The molecule has 0 aliphatic heterocycles. The van der Waals surface area contributed by atoms with Gasteiger partial charge in [-0.05, 0) is 106 Å². The first-order valence-corrected chi connectivity index (χ1v) is 24.0. The van der Waals surface area contributed by atoms with E-state index in [-0.39, 0.29) is 0 Å². The van der Waals surface area contributed by atoms with E-state index in [2.05, 4.69) is 221 Å². The lowest BCUT2D eigenvalue weighted by Crippen LogP contribution is -2.02. The molecule has 0 N–H and O–H groups in total. The summed E-state index contributed by atoms with van der Waals surface area (Å²) in [5.41, 5.74) is 13.1. The van der Waals surface area contributed by atoms with E-state index < -0.39 is 0 Å². The summed E-state index contributed by atoms with van der Waals surface area (Å²) in [6.45, 7) is 0. The first-order chi connectivity index (χ1) is 35.2. The van der Waals surface area contributed by atoms with Crippen molar-refractivity contribution in [1.29, 1.82) is 0 Å². The maximum atomic E-state index is 6.73. The summed E-state index contributed by atoms with van der Waals surface area (Å²) in [5, 5.41) is 11.4. The zero-order valence-corrected chi connectivity index (χ0v) is 38.2. The molecular formula is C65H39N5O. The van der Waals surface area contributed by atoms with Crippen molar-refractivity contribution in [2.24, 2.45) is 0 Å². The number of benzene rings is 11. The van der Waals surface area contributed by atoms with Crippen LogP contribution in [0.1, 0.15) is 0 Å². The molecule has 6 heteroatoms. The van der Waals surface area contributed by atoms with Gasteiger partial charge in [-0.25, -0.2) is 15.0 Å². The fourth-order valence-electron chi connectivity index (χ4n) is 11.1. The fraction of sp³-hybridized carbons (Fsp3) is 0. The van der Waals surface area contributed by atoms with Crippen molar-refractivity contribution < 1.29 is 4.42 Å². The Hall–Kier alpha value is -9.65. The Morgan fingerprint density at radius 3 is 1.59 bits per heavy atom. The molecule has 0 saturated heterocycles. The molecule has 4 heterocycles. The van der Waals surface area contributed by atoms with Crippen molar-refractivity contribution in [3.63, 3.8) is 0 Å². The molecule has 0 saturated carbocycles. The van der Waals surface area contributed by atoms with Gasteiger partial charge in [-0.3, -0.25) is 0 Å². The zero-order chi connectivity index (χ0) is 46.6. The largest absolute Gasteiger partial charge is 0.456 e. The van der Waals surface area contributed by atoms with E-state index >= 15 is 0 Å². The third kappa shape index (κ3) is 6.11. The molecule has 0 radical (unpaired) electrons. The van der Waals surface area contributed by atoms with Gasteiger partial charge in [0, 0.05) is 65.8 Å². The summed E-state index contributed by atoms with van der Waals surface area (Å²) in [4.78, 5) is 16.0. The summed E-state index contributed by atoms with van der Waals surface area (Å²) < 4.78 is 11.5. The molecule has 0 fully saturated rings. The monoisotopic (exact) mass is 905 g/mol. The van der Waals surface area contributed by atoms with Crippen LogP contribution in [0.5, 0.6) is 0 Å². The summed E-state index contributed by atoms with van der Waals surface area (Å²) in [7, 11) is 0. The third-order valence-corrected chi connectivity index (χ3v) is 14.3. The van der Waals surface area contributed by atoms with Gasteiger partial charge in [-0.1, -0.05) is 152 Å². The maximum Gasteiger partial charge on any atom is 0.164 e. The lowest BCUT2D eigenvalue weighted by molar-refractivity contribution is 0.669. The minimum Gasteiger partial charge on any atom is -0.456 e. The number of nitrogens with zero attached hydrogens (tertiary/aromatic N) is 5. The topological polar surface area (TPSA) is 61.7 Å². The summed E-state index contributed by atoms with van der Waals surface area (Å²) in [6.07, 6.45) is 0. The smallest absolute Gasteiger partial charge is 0.164 e. The van der Waals surface area contributed by atoms with E-state index in [0.717, 1.165) is 105 Å². The molecule has 0 bridgehead atoms. The van der Waals surface area contributed by atoms with Gasteiger partial charge < -0.3 is 13.6 Å². The SMILES string of the molecule is c1ccc(-c2nc(-c3ccc(-n4c5ccccc5c5cc6ccccc6cc54)c(-c4c5ccccc5cc5oc6ccccc6c45)c3)nc(-c3ccc4c(c3)c3ccccc3n4-c3ccccc3)n2)cc1. The number of para-hydroxylation sites is 4. The molecule has 0 aliphatic carbocycles. The Balaban J connectivity index is 1.03. The molecule has 71 heavy (non-hydrogen) atoms. The van der Waals surface area contributed by atoms with Crippen LogP contribution in [-0.2, 0) is 0 Å². The highest BCUT2D eigenvalue weighted by Gasteiger charge is 2.24. The van der Waals surface area contributed by atoms with Gasteiger partial charge in [-0.15, -0.1) is 0 Å². The standard InChI is InChI=1S/C65H39N5O/c1-3-17-40(18-4-1)63-66-64(44-31-33-56-51(36-44)48-25-11-14-28-54(48)69(56)46-22-5-2-6-23-46)68-65(67-63)45-32-34-57(70-55-29-15-12-26-49(55)52-35-41-19-7-8-20-42(41)38-58(52)70)53(37-45)61-47-24-10-9-21-43(47)39-60-62(61)50-27-13-16-30-59(50)71-60/h1-39H. The molecule has 330 valence electrons. The second-order valence-corrected chi connectivity index (χ2v) is 18.3. The Morgan fingerprint density at radius 2 is 0.845 bits per heavy atom. The quantitative estimate of drug-likeness (QED) is 0.167. The predicted molar refractivity (Wildman–Crippen MR) is 293 cm³/mol. The van der Waals surface area contributed by atoms with E-state index in [9.17, 15) is 0 Å². The van der Waals surface area contributed by atoms with Crippen molar-refractivity contribution >= 4 is 87.1 Å². The number of fused-ring (bicyclic) bond motifs is 11. The van der Waals surface area contributed by atoms with Crippen molar-refractivity contribution in [3.8, 4) is 56.7 Å². The maximum absolute atomic E-state index is 6.73. The second kappa shape index (κ2) is 15.4. The lowest BCUT2D eigenvalue weighted by atomic mass is 9.91. The first-order valence-electron chi connectivity index (χ1n) is 24.0. The van der Waals surface area contributed by atoms with Crippen LogP contribution in [0.2, 0.25) is 0 Å². The van der Waals surface area contributed by atoms with E-state index in [1.54, 1.807) is 0 Å². The summed E-state index contributed by atoms with van der Waals surface area (Å²) in [6, 6.07) is 84.0. The van der Waals surface area contributed by atoms with Gasteiger partial charge in [0.25, 0.3) is 0 Å². The Kier molecular flexibility index (Phi) is 8.56. The van der Waals surface area contributed by atoms with E-state index in [0.29, 0.717) is 17.5 Å². The van der Waals surface area contributed by atoms with Crippen molar-refractivity contribution in [2.45, 2.75) is 0 Å². The minimum absolute atomic E-state index is 0.579. The molecule has 0 spiro atoms. The summed E-state index contributed by atoms with van der Waals surface area (Å²) >= 11 is 0. The molecular weight excluding hydrogens is 867 g/mol. The number of rotatable bonds is 6.